The van der Waals surface area contributed by atoms with Gasteiger partial charge in [0.25, 0.3) is 5.91 Å². The van der Waals surface area contributed by atoms with Crippen molar-refractivity contribution < 1.29 is 27.1 Å². The van der Waals surface area contributed by atoms with Crippen LogP contribution in [0.1, 0.15) is 18.1 Å². The number of likely N-dealkylation sites (N-methyl/N-ethyl adjacent to an activating group) is 1. The molecule has 10 heteroatoms. The van der Waals surface area contributed by atoms with Crippen LogP contribution in [-0.4, -0.2) is 44.2 Å². The molecule has 1 atom stereocenters. The van der Waals surface area contributed by atoms with Crippen molar-refractivity contribution in [1.29, 1.82) is 0 Å². The lowest BCUT2D eigenvalue weighted by Crippen LogP contribution is -2.36. The highest BCUT2D eigenvalue weighted by Gasteiger charge is 2.30. The normalized spacial score (nSPS) is 15.9. The van der Waals surface area contributed by atoms with Crippen LogP contribution in [0.2, 0.25) is 0 Å². The number of carbonyl (C=O) groups excluding carboxylic acids is 2. The second kappa shape index (κ2) is 8.04. The highest BCUT2D eigenvalue weighted by molar-refractivity contribution is 7.89. The van der Waals surface area contributed by atoms with Crippen LogP contribution < -0.4 is 15.4 Å². The Hall–Kier alpha value is -2.98. The fourth-order valence-electron chi connectivity index (χ4n) is 3.03. The summed E-state index contributed by atoms with van der Waals surface area (Å²) in [6, 6.07) is 6.75. The van der Waals surface area contributed by atoms with Crippen molar-refractivity contribution in [2.75, 3.05) is 24.2 Å². The summed E-state index contributed by atoms with van der Waals surface area (Å²) in [5.41, 5.74) is 1.71. The molecule has 8 nitrogen and oxygen atoms in total. The van der Waals surface area contributed by atoms with Gasteiger partial charge in [-0.05, 0) is 56.2 Å². The number of hydrogen-bond donors (Lipinski definition) is 2. The zero-order valence-electron chi connectivity index (χ0n) is 16.9. The first kappa shape index (κ1) is 21.7. The molecule has 0 aliphatic carbocycles. The molecule has 0 aromatic heterocycles. The van der Waals surface area contributed by atoms with Crippen LogP contribution in [0.25, 0.3) is 0 Å². The number of anilines is 2. The number of amides is 2. The van der Waals surface area contributed by atoms with Gasteiger partial charge < -0.3 is 15.4 Å². The van der Waals surface area contributed by atoms with E-state index in [4.69, 9.17) is 4.74 Å². The molecule has 3 rings (SSSR count). The number of carbonyl (C=O) groups is 2. The monoisotopic (exact) mass is 435 g/mol. The number of ether oxygens (including phenoxy) is 1. The van der Waals surface area contributed by atoms with E-state index in [0.29, 0.717) is 22.5 Å². The maximum Gasteiger partial charge on any atom is 0.265 e. The van der Waals surface area contributed by atoms with E-state index in [0.717, 1.165) is 4.31 Å². The topological polar surface area (TPSA) is 105 Å². The lowest BCUT2D eigenvalue weighted by molar-refractivity contribution is -0.122. The molecule has 0 spiro atoms. The van der Waals surface area contributed by atoms with E-state index in [1.54, 1.807) is 20.8 Å². The van der Waals surface area contributed by atoms with E-state index in [2.05, 4.69) is 10.6 Å². The summed E-state index contributed by atoms with van der Waals surface area (Å²) in [6.07, 6.45) is -0.752. The molecule has 1 aliphatic rings. The van der Waals surface area contributed by atoms with E-state index in [1.165, 1.54) is 37.4 Å². The minimum atomic E-state index is -4.02. The third kappa shape index (κ3) is 4.29. The van der Waals surface area contributed by atoms with Crippen LogP contribution >= 0.6 is 0 Å². The first-order valence-corrected chi connectivity index (χ1v) is 10.6. The Morgan fingerprint density at radius 3 is 2.60 bits per heavy atom. The molecule has 0 fully saturated rings. The van der Waals surface area contributed by atoms with Gasteiger partial charge in [0.05, 0.1) is 17.1 Å². The second-order valence-electron chi connectivity index (χ2n) is 7.13. The smallest absolute Gasteiger partial charge is 0.265 e. The van der Waals surface area contributed by atoms with Gasteiger partial charge in [-0.15, -0.1) is 0 Å². The van der Waals surface area contributed by atoms with E-state index in [-0.39, 0.29) is 16.6 Å². The second-order valence-corrected chi connectivity index (χ2v) is 9.15. The number of nitrogens with zero attached hydrogens (tertiary/aromatic N) is 1. The van der Waals surface area contributed by atoms with Crippen LogP contribution in [0.3, 0.4) is 0 Å². The molecule has 160 valence electrons. The maximum absolute atomic E-state index is 13.2. The summed E-state index contributed by atoms with van der Waals surface area (Å²) >= 11 is 0. The van der Waals surface area contributed by atoms with Crippen molar-refractivity contribution in [3.05, 3.63) is 47.3 Å². The van der Waals surface area contributed by atoms with Crippen LogP contribution in [0.15, 0.2) is 35.2 Å². The highest BCUT2D eigenvalue weighted by Crippen LogP contribution is 2.35. The van der Waals surface area contributed by atoms with Crippen molar-refractivity contribution >= 4 is 33.2 Å². The summed E-state index contributed by atoms with van der Waals surface area (Å²) in [4.78, 5) is 24.1. The Morgan fingerprint density at radius 1 is 1.23 bits per heavy atom. The quantitative estimate of drug-likeness (QED) is 0.751. The lowest BCUT2D eigenvalue weighted by Gasteiger charge is -2.25. The van der Waals surface area contributed by atoms with Gasteiger partial charge in [0.1, 0.15) is 11.6 Å². The number of rotatable bonds is 5. The number of fused-ring (bicyclic) bond motifs is 1. The van der Waals surface area contributed by atoms with E-state index in [9.17, 15) is 22.4 Å². The van der Waals surface area contributed by atoms with Gasteiger partial charge in [0.2, 0.25) is 15.9 Å². The molecule has 1 unspecified atom stereocenters. The Morgan fingerprint density at radius 2 is 1.93 bits per heavy atom. The predicted octanol–water partition coefficient (Wildman–Crippen LogP) is 2.42. The Balaban J connectivity index is 1.80. The number of hydrogen-bond acceptors (Lipinski definition) is 5. The van der Waals surface area contributed by atoms with E-state index >= 15 is 0 Å². The van der Waals surface area contributed by atoms with Gasteiger partial charge in [0, 0.05) is 18.8 Å². The fraction of sp³-hybridized carbons (Fsp3) is 0.300. The highest BCUT2D eigenvalue weighted by atomic mass is 32.2. The molecule has 30 heavy (non-hydrogen) atoms. The first-order valence-electron chi connectivity index (χ1n) is 9.13. The fourth-order valence-corrected chi connectivity index (χ4v) is 4.38. The predicted molar refractivity (Wildman–Crippen MR) is 109 cm³/mol. The van der Waals surface area contributed by atoms with Crippen molar-refractivity contribution in [1.82, 2.24) is 4.31 Å². The molecule has 2 aromatic carbocycles. The summed E-state index contributed by atoms with van der Waals surface area (Å²) in [5, 5.41) is 5.25. The molecule has 0 saturated heterocycles. The van der Waals surface area contributed by atoms with Crippen molar-refractivity contribution in [2.24, 2.45) is 0 Å². The SMILES string of the molecule is Cc1cc(F)ccc1NC(=O)CN(C)S(=O)(=O)c1cc2c(cc1C)NC(=O)C(C)O2. The zero-order chi connectivity index (χ0) is 22.2. The minimum absolute atomic E-state index is 0.0298. The van der Waals surface area contributed by atoms with Crippen LogP contribution in [0.4, 0.5) is 15.8 Å². The average Bonchev–Trinajstić information content (AvgIpc) is 2.64. The minimum Gasteiger partial charge on any atom is -0.479 e. The van der Waals surface area contributed by atoms with E-state index < -0.39 is 34.4 Å². The Kier molecular flexibility index (Phi) is 5.82. The summed E-state index contributed by atoms with van der Waals surface area (Å²) < 4.78 is 45.7. The third-order valence-electron chi connectivity index (χ3n) is 4.73. The van der Waals surface area contributed by atoms with Gasteiger partial charge >= 0.3 is 0 Å². The molecule has 2 amide bonds. The molecule has 1 heterocycles. The summed E-state index contributed by atoms with van der Waals surface area (Å²) in [5.74, 6) is -1.07. The number of sulfonamides is 1. The number of nitrogens with one attached hydrogen (secondary N) is 2. The average molecular weight is 435 g/mol. The molecule has 0 bridgehead atoms. The van der Waals surface area contributed by atoms with E-state index in [1.807, 2.05) is 0 Å². The van der Waals surface area contributed by atoms with Crippen molar-refractivity contribution in [3.63, 3.8) is 0 Å². The Labute approximate surface area is 174 Å². The first-order chi connectivity index (χ1) is 14.0. The van der Waals surface area contributed by atoms with Gasteiger partial charge in [0.15, 0.2) is 6.10 Å². The lowest BCUT2D eigenvalue weighted by atomic mass is 10.1. The molecule has 0 saturated carbocycles. The molecular formula is C20H22FN3O5S. The number of halogens is 1. The summed E-state index contributed by atoms with van der Waals surface area (Å²) in [7, 11) is -2.73. The van der Waals surface area contributed by atoms with Gasteiger partial charge in [-0.1, -0.05) is 0 Å². The van der Waals surface area contributed by atoms with Crippen LogP contribution in [-0.2, 0) is 19.6 Å². The van der Waals surface area contributed by atoms with Crippen molar-refractivity contribution in [2.45, 2.75) is 31.8 Å². The number of benzene rings is 2. The molecule has 1 aliphatic heterocycles. The molecule has 2 aromatic rings. The molecule has 0 radical (unpaired) electrons. The largest absolute Gasteiger partial charge is 0.479 e. The summed E-state index contributed by atoms with van der Waals surface area (Å²) in [6.45, 7) is 4.34. The molecule has 2 N–H and O–H groups in total. The van der Waals surface area contributed by atoms with Gasteiger partial charge in [-0.25, -0.2) is 12.8 Å². The van der Waals surface area contributed by atoms with Gasteiger partial charge in [-0.2, -0.15) is 4.31 Å². The van der Waals surface area contributed by atoms with Crippen molar-refractivity contribution in [3.8, 4) is 5.75 Å². The van der Waals surface area contributed by atoms with Crippen LogP contribution in [0, 0.1) is 19.7 Å². The molecular weight excluding hydrogens is 413 g/mol. The van der Waals surface area contributed by atoms with Gasteiger partial charge in [-0.3, -0.25) is 9.59 Å². The third-order valence-corrected chi connectivity index (χ3v) is 6.67. The Bertz CT molecular complexity index is 1130. The maximum atomic E-state index is 13.2. The zero-order valence-corrected chi connectivity index (χ0v) is 17.8. The van der Waals surface area contributed by atoms with Crippen LogP contribution in [0.5, 0.6) is 5.75 Å². The standard InChI is InChI=1S/C20H22FN3O5S/c1-11-7-14(21)5-6-15(11)22-19(25)10-24(4)30(27,28)18-9-17-16(8-12(18)2)23-20(26)13(3)29-17/h5-9,13H,10H2,1-4H3,(H,22,25)(H,23,26). The number of aryl methyl sites for hydroxylation is 2.